The third kappa shape index (κ3) is 2.47. The largest absolute Gasteiger partial charge is 0.299 e. The van der Waals surface area contributed by atoms with E-state index in [-0.39, 0.29) is 0 Å². The lowest BCUT2D eigenvalue weighted by molar-refractivity contribution is -0.118. The Labute approximate surface area is 117 Å². The van der Waals surface area contributed by atoms with Gasteiger partial charge >= 0.3 is 0 Å². The number of hydrogen-bond acceptors (Lipinski definition) is 3. The molecule has 0 bridgehead atoms. The average Bonchev–Trinajstić information content (AvgIpc) is 2.81. The standard InChI is InChI=1S/C16H17NOS/c1-10(2)11-3-5-12(6-4-11)16-17-14-8-7-13(18)9-15(14)19-16/h3-6,10H,7-9H2,1-2H3. The molecule has 2 aromatic rings. The van der Waals surface area contributed by atoms with Crippen LogP contribution in [0.5, 0.6) is 0 Å². The number of rotatable bonds is 2. The molecule has 0 atom stereocenters. The Hall–Kier alpha value is -1.48. The summed E-state index contributed by atoms with van der Waals surface area (Å²) in [7, 11) is 0. The molecule has 0 saturated heterocycles. The molecule has 0 fully saturated rings. The molecule has 3 rings (SSSR count). The highest BCUT2D eigenvalue weighted by molar-refractivity contribution is 7.15. The van der Waals surface area contributed by atoms with E-state index in [1.54, 1.807) is 11.3 Å². The van der Waals surface area contributed by atoms with Gasteiger partial charge in [0.2, 0.25) is 0 Å². The van der Waals surface area contributed by atoms with Gasteiger partial charge < -0.3 is 0 Å². The number of nitrogens with zero attached hydrogens (tertiary/aromatic N) is 1. The van der Waals surface area contributed by atoms with Crippen molar-refractivity contribution in [1.82, 2.24) is 4.98 Å². The lowest BCUT2D eigenvalue weighted by Crippen LogP contribution is -2.11. The van der Waals surface area contributed by atoms with Gasteiger partial charge in [-0.2, -0.15) is 0 Å². The zero-order valence-electron chi connectivity index (χ0n) is 11.3. The first-order valence-electron chi connectivity index (χ1n) is 6.74. The van der Waals surface area contributed by atoms with Gasteiger partial charge in [0.05, 0.1) is 5.69 Å². The van der Waals surface area contributed by atoms with Crippen molar-refractivity contribution in [3.05, 3.63) is 40.4 Å². The van der Waals surface area contributed by atoms with E-state index in [0.717, 1.165) is 22.7 Å². The van der Waals surface area contributed by atoms with Crippen LogP contribution in [-0.4, -0.2) is 10.8 Å². The van der Waals surface area contributed by atoms with Gasteiger partial charge in [-0.3, -0.25) is 4.79 Å². The first kappa shape index (κ1) is 12.5. The minimum absolute atomic E-state index is 0.345. The minimum Gasteiger partial charge on any atom is -0.299 e. The number of aryl methyl sites for hydroxylation is 1. The van der Waals surface area contributed by atoms with Crippen molar-refractivity contribution in [3.63, 3.8) is 0 Å². The molecule has 0 amide bonds. The van der Waals surface area contributed by atoms with Gasteiger partial charge in [0.15, 0.2) is 0 Å². The number of Topliss-reactive ketones (excluding diaryl/α,β-unsaturated/α-hetero) is 1. The quantitative estimate of drug-likeness (QED) is 0.826. The fourth-order valence-electron chi connectivity index (χ4n) is 2.38. The molecule has 19 heavy (non-hydrogen) atoms. The predicted molar refractivity (Wildman–Crippen MR) is 78.7 cm³/mol. The van der Waals surface area contributed by atoms with Gasteiger partial charge in [-0.1, -0.05) is 38.1 Å². The third-order valence-corrected chi connectivity index (χ3v) is 4.75. The van der Waals surface area contributed by atoms with Crippen molar-refractivity contribution in [2.75, 3.05) is 0 Å². The lowest BCUT2D eigenvalue weighted by atomic mass is 10.0. The normalized spacial score (nSPS) is 14.8. The Balaban J connectivity index is 1.92. The summed E-state index contributed by atoms with van der Waals surface area (Å²) in [4.78, 5) is 17.3. The van der Waals surface area contributed by atoms with Crippen molar-refractivity contribution < 1.29 is 4.79 Å². The smallest absolute Gasteiger partial charge is 0.138 e. The predicted octanol–water partition coefficient (Wildman–Crippen LogP) is 3.99. The molecular formula is C16H17NOS. The molecule has 1 heterocycles. The van der Waals surface area contributed by atoms with Crippen molar-refractivity contribution in [2.24, 2.45) is 0 Å². The van der Waals surface area contributed by atoms with E-state index >= 15 is 0 Å². The van der Waals surface area contributed by atoms with Crippen LogP contribution in [0.15, 0.2) is 24.3 Å². The second-order valence-corrected chi connectivity index (χ2v) is 6.46. The van der Waals surface area contributed by atoms with Gasteiger partial charge in [0.25, 0.3) is 0 Å². The Kier molecular flexibility index (Phi) is 3.23. The SMILES string of the molecule is CC(C)c1ccc(-c2nc3c(s2)CC(=O)CC3)cc1. The monoisotopic (exact) mass is 271 g/mol. The third-order valence-electron chi connectivity index (χ3n) is 3.60. The van der Waals surface area contributed by atoms with E-state index in [0.29, 0.717) is 24.5 Å². The molecule has 1 aliphatic rings. The van der Waals surface area contributed by atoms with Crippen molar-refractivity contribution in [3.8, 4) is 10.6 Å². The maximum absolute atomic E-state index is 11.5. The highest BCUT2D eigenvalue weighted by Crippen LogP contribution is 2.32. The maximum atomic E-state index is 11.5. The lowest BCUT2D eigenvalue weighted by Gasteiger charge is -2.06. The number of carbonyl (C=O) groups excluding carboxylic acids is 1. The van der Waals surface area contributed by atoms with E-state index < -0.39 is 0 Å². The molecular weight excluding hydrogens is 254 g/mol. The van der Waals surface area contributed by atoms with E-state index in [2.05, 4.69) is 38.1 Å². The number of thiazole rings is 1. The Morgan fingerprint density at radius 3 is 2.58 bits per heavy atom. The summed E-state index contributed by atoms with van der Waals surface area (Å²) in [5, 5.41) is 1.05. The van der Waals surface area contributed by atoms with Gasteiger partial charge in [0.1, 0.15) is 10.8 Å². The zero-order valence-corrected chi connectivity index (χ0v) is 12.1. The highest BCUT2D eigenvalue weighted by Gasteiger charge is 2.20. The summed E-state index contributed by atoms with van der Waals surface area (Å²) in [5.74, 6) is 0.897. The molecule has 1 aromatic heterocycles. The van der Waals surface area contributed by atoms with Crippen LogP contribution in [0.3, 0.4) is 0 Å². The first-order valence-corrected chi connectivity index (χ1v) is 7.56. The summed E-state index contributed by atoms with van der Waals surface area (Å²) in [6, 6.07) is 8.62. The van der Waals surface area contributed by atoms with Crippen molar-refractivity contribution in [2.45, 2.75) is 39.0 Å². The molecule has 0 aliphatic heterocycles. The molecule has 3 heteroatoms. The number of fused-ring (bicyclic) bond motifs is 1. The summed E-state index contributed by atoms with van der Waals surface area (Å²) in [6.07, 6.45) is 2.05. The van der Waals surface area contributed by atoms with Crippen LogP contribution in [0.1, 0.15) is 42.3 Å². The van der Waals surface area contributed by atoms with Crippen molar-refractivity contribution >= 4 is 17.1 Å². The fraction of sp³-hybridized carbons (Fsp3) is 0.375. The average molecular weight is 271 g/mol. The number of carbonyl (C=O) groups is 1. The van der Waals surface area contributed by atoms with Gasteiger partial charge in [-0.25, -0.2) is 4.98 Å². The van der Waals surface area contributed by atoms with Crippen LogP contribution in [-0.2, 0) is 17.6 Å². The topological polar surface area (TPSA) is 30.0 Å². The van der Waals surface area contributed by atoms with E-state index in [4.69, 9.17) is 4.98 Å². The molecule has 0 saturated carbocycles. The van der Waals surface area contributed by atoms with Crippen LogP contribution in [0.25, 0.3) is 10.6 Å². The van der Waals surface area contributed by atoms with Gasteiger partial charge in [-0.05, 0) is 17.9 Å². The molecule has 1 aliphatic carbocycles. The first-order chi connectivity index (χ1) is 9.13. The van der Waals surface area contributed by atoms with E-state index in [1.165, 1.54) is 10.4 Å². The Morgan fingerprint density at radius 2 is 1.89 bits per heavy atom. The number of hydrogen-bond donors (Lipinski definition) is 0. The summed E-state index contributed by atoms with van der Waals surface area (Å²) >= 11 is 1.67. The molecule has 1 aromatic carbocycles. The van der Waals surface area contributed by atoms with Crippen LogP contribution < -0.4 is 0 Å². The molecule has 0 spiro atoms. The highest BCUT2D eigenvalue weighted by atomic mass is 32.1. The van der Waals surface area contributed by atoms with Gasteiger partial charge in [0, 0.05) is 23.3 Å². The zero-order chi connectivity index (χ0) is 13.4. The Morgan fingerprint density at radius 1 is 1.16 bits per heavy atom. The summed E-state index contributed by atoms with van der Waals surface area (Å²) in [5.41, 5.74) is 3.64. The molecule has 0 N–H and O–H groups in total. The molecule has 0 radical (unpaired) electrons. The number of ketones is 1. The number of benzene rings is 1. The molecule has 98 valence electrons. The maximum Gasteiger partial charge on any atom is 0.138 e. The van der Waals surface area contributed by atoms with Gasteiger partial charge in [-0.15, -0.1) is 11.3 Å². The van der Waals surface area contributed by atoms with Crippen LogP contribution in [0.2, 0.25) is 0 Å². The van der Waals surface area contributed by atoms with E-state index in [9.17, 15) is 4.79 Å². The fourth-order valence-corrected chi connectivity index (χ4v) is 3.52. The van der Waals surface area contributed by atoms with Crippen LogP contribution in [0, 0.1) is 0 Å². The summed E-state index contributed by atoms with van der Waals surface area (Å²) < 4.78 is 0. The minimum atomic E-state index is 0.345. The van der Waals surface area contributed by atoms with E-state index in [1.807, 2.05) is 0 Å². The molecule has 2 nitrogen and oxygen atoms in total. The molecule has 0 unspecified atom stereocenters. The van der Waals surface area contributed by atoms with Crippen LogP contribution in [0.4, 0.5) is 0 Å². The second kappa shape index (κ2) is 4.89. The van der Waals surface area contributed by atoms with Crippen LogP contribution >= 0.6 is 11.3 Å². The van der Waals surface area contributed by atoms with Crippen molar-refractivity contribution in [1.29, 1.82) is 0 Å². The second-order valence-electron chi connectivity index (χ2n) is 5.38. The summed E-state index contributed by atoms with van der Waals surface area (Å²) in [6.45, 7) is 4.39. The number of aromatic nitrogens is 1. The Bertz CT molecular complexity index is 610.